The van der Waals surface area contributed by atoms with Gasteiger partial charge in [0.2, 0.25) is 5.91 Å². The van der Waals surface area contributed by atoms with Gasteiger partial charge in [0, 0.05) is 26.6 Å². The van der Waals surface area contributed by atoms with E-state index in [1.54, 1.807) is 31.1 Å². The number of carbonyl (C=O) groups is 1. The molecule has 0 aliphatic carbocycles. The third-order valence-electron chi connectivity index (χ3n) is 1.77. The first-order valence-electron chi connectivity index (χ1n) is 4.53. The molecule has 0 aromatic heterocycles. The molecule has 0 N–H and O–H groups in total. The topological polar surface area (TPSA) is 32.7 Å². The van der Waals surface area contributed by atoms with Crippen molar-refractivity contribution >= 4 is 11.7 Å². The summed E-state index contributed by atoms with van der Waals surface area (Å²) < 4.78 is 13.0. The number of amidine groups is 1. The second kappa shape index (κ2) is 4.68. The highest BCUT2D eigenvalue weighted by molar-refractivity contribution is 6.04. The van der Waals surface area contributed by atoms with Crippen LogP contribution in [-0.4, -0.2) is 30.7 Å². The molecule has 3 nitrogen and oxygen atoms in total. The summed E-state index contributed by atoms with van der Waals surface area (Å²) in [5.74, 6) is -0.185. The second-order valence-electron chi connectivity index (χ2n) is 3.36. The van der Waals surface area contributed by atoms with Crippen LogP contribution in [0.3, 0.4) is 0 Å². The number of nitrogens with zero attached hydrogens (tertiary/aromatic N) is 2. The Morgan fingerprint density at radius 3 is 2.53 bits per heavy atom. The predicted molar refractivity (Wildman–Crippen MR) is 57.3 cm³/mol. The molecule has 1 amide bonds. The number of hydrogen-bond acceptors (Lipinski definition) is 1. The van der Waals surface area contributed by atoms with E-state index in [1.165, 1.54) is 19.1 Å². The van der Waals surface area contributed by atoms with E-state index in [4.69, 9.17) is 0 Å². The van der Waals surface area contributed by atoms with Crippen LogP contribution >= 0.6 is 0 Å². The van der Waals surface area contributed by atoms with Crippen molar-refractivity contribution in [3.8, 4) is 0 Å². The Labute approximate surface area is 88.2 Å². The zero-order valence-electron chi connectivity index (χ0n) is 8.99. The Kier molecular flexibility index (Phi) is 3.55. The van der Waals surface area contributed by atoms with Crippen LogP contribution in [0.4, 0.5) is 4.39 Å². The van der Waals surface area contributed by atoms with E-state index in [9.17, 15) is 9.18 Å². The predicted octanol–water partition coefficient (Wildman–Crippen LogP) is 1.68. The molecule has 0 saturated carbocycles. The summed E-state index contributed by atoms with van der Waals surface area (Å²) in [6, 6.07) is 6.00. The van der Waals surface area contributed by atoms with Crippen molar-refractivity contribution in [1.29, 1.82) is 0 Å². The fraction of sp³-hybridized carbons (Fsp3) is 0.273. The zero-order valence-corrected chi connectivity index (χ0v) is 8.99. The summed E-state index contributed by atoms with van der Waals surface area (Å²) in [4.78, 5) is 16.4. The van der Waals surface area contributed by atoms with Gasteiger partial charge in [-0.25, -0.2) is 4.39 Å². The van der Waals surface area contributed by atoms with Crippen LogP contribution in [-0.2, 0) is 4.79 Å². The van der Waals surface area contributed by atoms with Gasteiger partial charge in [-0.15, -0.1) is 0 Å². The maximum Gasteiger partial charge on any atom is 0.244 e. The molecule has 0 bridgehead atoms. The molecule has 0 spiro atoms. The van der Waals surface area contributed by atoms with E-state index in [-0.39, 0.29) is 11.7 Å². The van der Waals surface area contributed by atoms with Crippen LogP contribution in [0.2, 0.25) is 0 Å². The van der Waals surface area contributed by atoms with Gasteiger partial charge in [-0.2, -0.15) is 4.99 Å². The van der Waals surface area contributed by atoms with Crippen molar-refractivity contribution in [2.45, 2.75) is 6.92 Å². The first kappa shape index (κ1) is 11.4. The van der Waals surface area contributed by atoms with Crippen molar-refractivity contribution < 1.29 is 9.18 Å². The van der Waals surface area contributed by atoms with Crippen LogP contribution in [0.5, 0.6) is 0 Å². The Balaban J connectivity index is 3.16. The number of rotatable bonds is 1. The number of carbonyl (C=O) groups excluding carboxylic acids is 1. The molecule has 0 radical (unpaired) electrons. The van der Waals surface area contributed by atoms with Gasteiger partial charge < -0.3 is 4.90 Å². The summed E-state index contributed by atoms with van der Waals surface area (Å²) in [5.41, 5.74) is 0.593. The molecule has 15 heavy (non-hydrogen) atoms. The normalized spacial score (nSPS) is 11.3. The zero-order chi connectivity index (χ0) is 11.4. The Morgan fingerprint density at radius 1 is 1.40 bits per heavy atom. The van der Waals surface area contributed by atoms with Gasteiger partial charge in [0.05, 0.1) is 0 Å². The molecule has 0 aliphatic heterocycles. The minimum Gasteiger partial charge on any atom is -0.362 e. The molecule has 1 aromatic carbocycles. The molecule has 1 rings (SSSR count). The van der Waals surface area contributed by atoms with E-state index >= 15 is 0 Å². The number of amides is 1. The van der Waals surface area contributed by atoms with Gasteiger partial charge >= 0.3 is 0 Å². The highest BCUT2D eigenvalue weighted by Gasteiger charge is 2.07. The van der Waals surface area contributed by atoms with E-state index in [1.807, 2.05) is 0 Å². The van der Waals surface area contributed by atoms with Crippen molar-refractivity contribution in [1.82, 2.24) is 4.90 Å². The molecule has 0 saturated heterocycles. The van der Waals surface area contributed by atoms with Crippen molar-refractivity contribution in [2.24, 2.45) is 4.99 Å². The van der Waals surface area contributed by atoms with E-state index in [0.29, 0.717) is 11.4 Å². The lowest BCUT2D eigenvalue weighted by molar-refractivity contribution is -0.115. The minimum atomic E-state index is -0.342. The molecular formula is C11H13FN2O. The number of hydrogen-bond donors (Lipinski definition) is 0. The van der Waals surface area contributed by atoms with Crippen LogP contribution in [0, 0.1) is 5.82 Å². The second-order valence-corrected chi connectivity index (χ2v) is 3.36. The van der Waals surface area contributed by atoms with Gasteiger partial charge in [0.15, 0.2) is 0 Å². The fourth-order valence-corrected chi connectivity index (χ4v) is 1.20. The molecule has 0 atom stereocenters. The lowest BCUT2D eigenvalue weighted by Crippen LogP contribution is -2.24. The average Bonchev–Trinajstić information content (AvgIpc) is 2.13. The summed E-state index contributed by atoms with van der Waals surface area (Å²) in [6.45, 7) is 1.36. The third-order valence-corrected chi connectivity index (χ3v) is 1.77. The first-order chi connectivity index (χ1) is 7.00. The number of benzene rings is 1. The summed E-state index contributed by atoms with van der Waals surface area (Å²) in [7, 11) is 3.51. The smallest absolute Gasteiger partial charge is 0.244 e. The van der Waals surface area contributed by atoms with Gasteiger partial charge in [0.1, 0.15) is 11.7 Å². The maximum absolute atomic E-state index is 13.0. The first-order valence-corrected chi connectivity index (χ1v) is 4.53. The quantitative estimate of drug-likeness (QED) is 0.519. The summed E-state index contributed by atoms with van der Waals surface area (Å²) in [5, 5.41) is 0. The van der Waals surface area contributed by atoms with Crippen LogP contribution in [0.25, 0.3) is 0 Å². The van der Waals surface area contributed by atoms with Crippen LogP contribution in [0.15, 0.2) is 29.3 Å². The molecular weight excluding hydrogens is 195 g/mol. The van der Waals surface area contributed by atoms with Crippen LogP contribution < -0.4 is 0 Å². The van der Waals surface area contributed by atoms with Gasteiger partial charge in [-0.3, -0.25) is 4.79 Å². The largest absolute Gasteiger partial charge is 0.362 e. The molecule has 80 valence electrons. The molecule has 0 aliphatic rings. The van der Waals surface area contributed by atoms with E-state index in [0.717, 1.165) is 0 Å². The Bertz CT molecular complexity index is 399. The number of halogens is 1. The molecule has 4 heteroatoms. The van der Waals surface area contributed by atoms with Crippen molar-refractivity contribution in [3.63, 3.8) is 0 Å². The van der Waals surface area contributed by atoms with Crippen molar-refractivity contribution in [3.05, 3.63) is 35.6 Å². The van der Waals surface area contributed by atoms with Crippen LogP contribution in [0.1, 0.15) is 12.5 Å². The average molecular weight is 208 g/mol. The van der Waals surface area contributed by atoms with Gasteiger partial charge in [-0.1, -0.05) is 12.1 Å². The van der Waals surface area contributed by atoms with E-state index < -0.39 is 0 Å². The SMILES string of the molecule is CC(=O)/N=C(/c1cccc(F)c1)N(C)C. The summed E-state index contributed by atoms with van der Waals surface area (Å²) in [6.07, 6.45) is 0. The monoisotopic (exact) mass is 208 g/mol. The molecule has 0 unspecified atom stereocenters. The highest BCUT2D eigenvalue weighted by Crippen LogP contribution is 2.07. The molecule has 0 fully saturated rings. The van der Waals surface area contributed by atoms with E-state index in [2.05, 4.69) is 4.99 Å². The Morgan fingerprint density at radius 2 is 2.07 bits per heavy atom. The molecule has 0 heterocycles. The maximum atomic E-state index is 13.0. The fourth-order valence-electron chi connectivity index (χ4n) is 1.20. The van der Waals surface area contributed by atoms with Gasteiger partial charge in [0.25, 0.3) is 0 Å². The van der Waals surface area contributed by atoms with Gasteiger partial charge in [-0.05, 0) is 12.1 Å². The Hall–Kier alpha value is -1.71. The summed E-state index contributed by atoms with van der Waals surface area (Å²) >= 11 is 0. The lowest BCUT2D eigenvalue weighted by Gasteiger charge is -2.15. The lowest BCUT2D eigenvalue weighted by atomic mass is 10.2. The minimum absolute atomic E-state index is 0.303. The molecule has 1 aromatic rings. The highest BCUT2D eigenvalue weighted by atomic mass is 19.1. The third kappa shape index (κ3) is 3.16. The number of aliphatic imine (C=N–C) groups is 1. The standard InChI is InChI=1S/C11H13FN2O/c1-8(15)13-11(14(2)3)9-5-4-6-10(12)7-9/h4-7H,1-3H3/b13-11-. The van der Waals surface area contributed by atoms with Crippen molar-refractivity contribution in [2.75, 3.05) is 14.1 Å².